The summed E-state index contributed by atoms with van der Waals surface area (Å²) < 4.78 is 10.8. The van der Waals surface area contributed by atoms with Crippen molar-refractivity contribution >= 4 is 16.7 Å². The summed E-state index contributed by atoms with van der Waals surface area (Å²) in [4.78, 5) is 13.8. The van der Waals surface area contributed by atoms with Crippen molar-refractivity contribution in [3.63, 3.8) is 0 Å². The van der Waals surface area contributed by atoms with E-state index < -0.39 is 6.10 Å². The number of benzene rings is 2. The number of piperidine rings is 1. The van der Waals surface area contributed by atoms with Gasteiger partial charge >= 0.3 is 5.97 Å². The lowest BCUT2D eigenvalue weighted by Gasteiger charge is -2.31. The lowest BCUT2D eigenvalue weighted by molar-refractivity contribution is -0.147. The van der Waals surface area contributed by atoms with Crippen LogP contribution in [0.5, 0.6) is 5.75 Å². The topological polar surface area (TPSA) is 87.7 Å². The van der Waals surface area contributed by atoms with Crippen LogP contribution in [0.25, 0.3) is 21.9 Å². The summed E-state index contributed by atoms with van der Waals surface area (Å²) in [6, 6.07) is 12.2. The Morgan fingerprint density at radius 2 is 2.03 bits per heavy atom. The molecule has 2 N–H and O–H groups in total. The molecule has 0 spiro atoms. The normalized spacial score (nSPS) is 16.4. The van der Waals surface area contributed by atoms with E-state index in [-0.39, 0.29) is 18.5 Å². The fourth-order valence-corrected chi connectivity index (χ4v) is 4.27. The van der Waals surface area contributed by atoms with Gasteiger partial charge in [0.2, 0.25) is 0 Å². The first-order valence-corrected chi connectivity index (χ1v) is 10.7. The number of aryl methyl sites for hydroxylation is 1. The summed E-state index contributed by atoms with van der Waals surface area (Å²) in [6.07, 6.45) is 2.74. The number of fused-ring (bicyclic) bond motifs is 1. The number of methoxy groups -OCH3 is 1. The maximum Gasteiger partial charge on any atom is 0.308 e. The second-order valence-corrected chi connectivity index (χ2v) is 8.16. The molecule has 1 saturated heterocycles. The van der Waals surface area contributed by atoms with Gasteiger partial charge in [-0.15, -0.1) is 0 Å². The number of β-amino-alcohol motifs (C(OH)–C–C–N with tert-alkyl or cyclic N) is 1. The highest BCUT2D eigenvalue weighted by Crippen LogP contribution is 2.34. The number of aromatic amines is 1. The molecule has 164 valence electrons. The Bertz CT molecular complexity index is 1040. The third-order valence-electron chi connectivity index (χ3n) is 5.99. The van der Waals surface area contributed by atoms with E-state index in [4.69, 9.17) is 9.47 Å². The van der Waals surface area contributed by atoms with Gasteiger partial charge in [0.15, 0.2) is 0 Å². The number of nitrogens with one attached hydrogen (secondary N) is 1. The number of aromatic nitrogens is 2. The zero-order valence-corrected chi connectivity index (χ0v) is 18.0. The number of aliphatic hydroxyl groups excluding tert-OH is 1. The second kappa shape index (κ2) is 9.49. The largest absolute Gasteiger partial charge is 0.491 e. The molecule has 4 rings (SSSR count). The van der Waals surface area contributed by atoms with Crippen LogP contribution in [0.15, 0.2) is 42.6 Å². The minimum atomic E-state index is -0.611. The second-order valence-electron chi connectivity index (χ2n) is 8.16. The fourth-order valence-electron chi connectivity index (χ4n) is 4.27. The summed E-state index contributed by atoms with van der Waals surface area (Å²) in [5.74, 6) is 0.554. The number of likely N-dealkylation sites (tertiary alicyclic amines) is 1. The average Bonchev–Trinajstić information content (AvgIpc) is 3.22. The third kappa shape index (κ3) is 4.89. The smallest absolute Gasteiger partial charge is 0.308 e. The van der Waals surface area contributed by atoms with E-state index in [0.29, 0.717) is 6.54 Å². The molecule has 1 aromatic heterocycles. The van der Waals surface area contributed by atoms with Gasteiger partial charge in [0.05, 0.1) is 19.2 Å². The molecule has 1 aliphatic rings. The van der Waals surface area contributed by atoms with Crippen molar-refractivity contribution < 1.29 is 19.4 Å². The Morgan fingerprint density at radius 1 is 1.26 bits per heavy atom. The van der Waals surface area contributed by atoms with Gasteiger partial charge in [-0.1, -0.05) is 24.3 Å². The van der Waals surface area contributed by atoms with Crippen LogP contribution in [-0.2, 0) is 9.53 Å². The van der Waals surface area contributed by atoms with Gasteiger partial charge in [-0.3, -0.25) is 9.89 Å². The van der Waals surface area contributed by atoms with Crippen LogP contribution in [0.1, 0.15) is 18.5 Å². The molecule has 2 heterocycles. The Morgan fingerprint density at radius 3 is 2.74 bits per heavy atom. The van der Waals surface area contributed by atoms with Crippen molar-refractivity contribution in [2.45, 2.75) is 25.9 Å². The van der Waals surface area contributed by atoms with E-state index in [1.807, 2.05) is 37.4 Å². The number of hydrogen-bond donors (Lipinski definition) is 2. The Labute approximate surface area is 182 Å². The predicted molar refractivity (Wildman–Crippen MR) is 119 cm³/mol. The van der Waals surface area contributed by atoms with Gasteiger partial charge in [-0.25, -0.2) is 0 Å². The van der Waals surface area contributed by atoms with Crippen LogP contribution in [0.4, 0.5) is 0 Å². The standard InChI is InChI=1S/C24H29N3O4/c1-16-23(13-25-26-16)22-12-20(11-18-5-3-4-6-21(18)22)31-15-19(28)14-27-9-7-17(8-10-27)24(29)30-2/h3-6,11-13,17,19,28H,7-10,14-15H2,1-2H3,(H,25,26). The molecule has 1 atom stereocenters. The zero-order valence-electron chi connectivity index (χ0n) is 18.0. The quantitative estimate of drug-likeness (QED) is 0.568. The molecule has 7 nitrogen and oxygen atoms in total. The highest BCUT2D eigenvalue weighted by Gasteiger charge is 2.26. The molecule has 31 heavy (non-hydrogen) atoms. The number of hydrogen-bond acceptors (Lipinski definition) is 6. The van der Waals surface area contributed by atoms with E-state index in [1.54, 1.807) is 0 Å². The van der Waals surface area contributed by atoms with E-state index >= 15 is 0 Å². The zero-order chi connectivity index (χ0) is 21.8. The van der Waals surface area contributed by atoms with Crippen molar-refractivity contribution in [3.05, 3.63) is 48.3 Å². The maximum atomic E-state index is 11.7. The van der Waals surface area contributed by atoms with Crippen molar-refractivity contribution in [1.82, 2.24) is 15.1 Å². The molecule has 2 aromatic carbocycles. The minimum Gasteiger partial charge on any atom is -0.491 e. The number of carbonyl (C=O) groups is 1. The molecule has 0 saturated carbocycles. The lowest BCUT2D eigenvalue weighted by Crippen LogP contribution is -2.42. The van der Waals surface area contributed by atoms with Crippen LogP contribution < -0.4 is 4.74 Å². The fraction of sp³-hybridized carbons (Fsp3) is 0.417. The van der Waals surface area contributed by atoms with Crippen molar-refractivity contribution in [3.8, 4) is 16.9 Å². The molecule has 0 amide bonds. The lowest BCUT2D eigenvalue weighted by atomic mass is 9.97. The van der Waals surface area contributed by atoms with Gasteiger partial charge in [-0.2, -0.15) is 5.10 Å². The number of rotatable bonds is 7. The monoisotopic (exact) mass is 423 g/mol. The van der Waals surface area contributed by atoms with Gasteiger partial charge in [0.25, 0.3) is 0 Å². The molecule has 0 aliphatic carbocycles. The van der Waals surface area contributed by atoms with Crippen molar-refractivity contribution in [2.75, 3.05) is 33.4 Å². The van der Waals surface area contributed by atoms with Crippen LogP contribution in [0.3, 0.4) is 0 Å². The van der Waals surface area contributed by atoms with Crippen LogP contribution in [0, 0.1) is 12.8 Å². The molecule has 0 radical (unpaired) electrons. The number of ether oxygens (including phenoxy) is 2. The van der Waals surface area contributed by atoms with Crippen molar-refractivity contribution in [1.29, 1.82) is 0 Å². The molecule has 3 aromatic rings. The molecule has 7 heteroatoms. The number of nitrogens with zero attached hydrogens (tertiary/aromatic N) is 2. The Hall–Kier alpha value is -2.90. The molecule has 1 unspecified atom stereocenters. The Balaban J connectivity index is 1.40. The minimum absolute atomic E-state index is 0.0305. The van der Waals surface area contributed by atoms with Crippen LogP contribution in [0.2, 0.25) is 0 Å². The Kier molecular flexibility index (Phi) is 6.53. The summed E-state index contributed by atoms with van der Waals surface area (Å²) in [5, 5.41) is 19.9. The molecule has 1 fully saturated rings. The summed E-state index contributed by atoms with van der Waals surface area (Å²) >= 11 is 0. The third-order valence-corrected chi connectivity index (χ3v) is 5.99. The van der Waals surface area contributed by atoms with Gasteiger partial charge in [0, 0.05) is 17.8 Å². The number of H-pyrrole nitrogens is 1. The molecular formula is C24H29N3O4. The van der Waals surface area contributed by atoms with E-state index in [2.05, 4.69) is 27.2 Å². The summed E-state index contributed by atoms with van der Waals surface area (Å²) in [6.45, 7) is 4.28. The van der Waals surface area contributed by atoms with E-state index in [9.17, 15) is 9.90 Å². The summed E-state index contributed by atoms with van der Waals surface area (Å²) in [5.41, 5.74) is 3.09. The van der Waals surface area contributed by atoms with Crippen LogP contribution >= 0.6 is 0 Å². The highest BCUT2D eigenvalue weighted by atomic mass is 16.5. The molecule has 0 bridgehead atoms. The number of carbonyl (C=O) groups excluding carboxylic acids is 1. The maximum absolute atomic E-state index is 11.7. The van der Waals surface area contributed by atoms with E-state index in [0.717, 1.165) is 59.3 Å². The van der Waals surface area contributed by atoms with Gasteiger partial charge in [0.1, 0.15) is 18.5 Å². The number of esters is 1. The molecular weight excluding hydrogens is 394 g/mol. The number of aliphatic hydroxyl groups is 1. The highest BCUT2D eigenvalue weighted by molar-refractivity contribution is 5.98. The first-order valence-electron chi connectivity index (χ1n) is 10.7. The first-order chi connectivity index (χ1) is 15.0. The first kappa shape index (κ1) is 21.3. The average molecular weight is 424 g/mol. The van der Waals surface area contributed by atoms with E-state index in [1.165, 1.54) is 7.11 Å². The summed E-state index contributed by atoms with van der Waals surface area (Å²) in [7, 11) is 1.43. The van der Waals surface area contributed by atoms with Crippen LogP contribution in [-0.4, -0.2) is 65.6 Å². The van der Waals surface area contributed by atoms with Gasteiger partial charge in [-0.05, 0) is 61.3 Å². The predicted octanol–water partition coefficient (Wildman–Crippen LogP) is 3.16. The SMILES string of the molecule is COC(=O)C1CCN(CC(O)COc2cc(-c3cn[nH]c3C)c3ccccc3c2)CC1. The molecule has 1 aliphatic heterocycles. The van der Waals surface area contributed by atoms with Crippen molar-refractivity contribution in [2.24, 2.45) is 5.92 Å². The van der Waals surface area contributed by atoms with Gasteiger partial charge < -0.3 is 19.5 Å².